The van der Waals surface area contributed by atoms with Crippen LogP contribution in [-0.2, 0) is 26.1 Å². The van der Waals surface area contributed by atoms with Gasteiger partial charge in [-0.05, 0) is 38.4 Å². The van der Waals surface area contributed by atoms with E-state index in [2.05, 4.69) is 43.8 Å². The zero-order valence-electron chi connectivity index (χ0n) is 19.3. The molecule has 4 heterocycles. The molecule has 1 aromatic carbocycles. The fourth-order valence-corrected chi connectivity index (χ4v) is 5.21. The van der Waals surface area contributed by atoms with E-state index < -0.39 is 0 Å². The first-order valence-electron chi connectivity index (χ1n) is 12.0. The van der Waals surface area contributed by atoms with Crippen LogP contribution in [0.25, 0.3) is 5.65 Å². The Labute approximate surface area is 193 Å². The molecule has 0 unspecified atom stereocenters. The van der Waals surface area contributed by atoms with Crippen molar-refractivity contribution in [3.05, 3.63) is 69.3 Å². The van der Waals surface area contributed by atoms with Gasteiger partial charge in [-0.15, -0.1) is 0 Å². The molecule has 0 radical (unpaired) electrons. The minimum absolute atomic E-state index is 0.112. The summed E-state index contributed by atoms with van der Waals surface area (Å²) < 4.78 is 3.53. The van der Waals surface area contributed by atoms with Gasteiger partial charge >= 0.3 is 0 Å². The lowest BCUT2D eigenvalue weighted by Crippen LogP contribution is -2.39. The lowest BCUT2D eigenvalue weighted by Gasteiger charge is -2.30. The molecule has 0 atom stereocenters. The Morgan fingerprint density at radius 3 is 2.64 bits per heavy atom. The summed E-state index contributed by atoms with van der Waals surface area (Å²) in [6.07, 6.45) is 4.79. The highest BCUT2D eigenvalue weighted by Crippen LogP contribution is 2.22. The molecule has 0 spiro atoms. The molecule has 8 nitrogen and oxygen atoms in total. The van der Waals surface area contributed by atoms with Crippen LogP contribution in [0.3, 0.4) is 0 Å². The largest absolute Gasteiger partial charge is 0.351 e. The second kappa shape index (κ2) is 9.49. The van der Waals surface area contributed by atoms with Crippen molar-refractivity contribution >= 4 is 11.6 Å². The minimum atomic E-state index is -0.160. The van der Waals surface area contributed by atoms with Crippen LogP contribution in [0.1, 0.15) is 46.9 Å². The highest BCUT2D eigenvalue weighted by molar-refractivity contribution is 5.99. The van der Waals surface area contributed by atoms with E-state index in [0.29, 0.717) is 30.8 Å². The Bertz CT molecular complexity index is 1190. The number of amides is 1. The summed E-state index contributed by atoms with van der Waals surface area (Å²) in [7, 11) is 0. The molecule has 3 aromatic rings. The standard InChI is InChI=1S/C25H32N6O2/c1-2-30-22-10-14-29(17-19-8-4-3-5-9-19)18-21(22)25(33)31-24(30)20(16-27-31)23(32)26-11-15-28-12-6-7-13-28/h3-5,8-9,16H,2,6-7,10-15,17-18H2,1H3,(H,26,32). The number of aryl methyl sites for hydroxylation is 1. The van der Waals surface area contributed by atoms with Crippen molar-refractivity contribution in [2.24, 2.45) is 0 Å². The monoisotopic (exact) mass is 448 g/mol. The average Bonchev–Trinajstić information content (AvgIpc) is 3.51. The van der Waals surface area contributed by atoms with Crippen LogP contribution in [-0.4, -0.2) is 62.6 Å². The van der Waals surface area contributed by atoms with Crippen LogP contribution < -0.4 is 10.9 Å². The van der Waals surface area contributed by atoms with Crippen molar-refractivity contribution in [1.29, 1.82) is 0 Å². The van der Waals surface area contributed by atoms with Crippen molar-refractivity contribution in [2.45, 2.75) is 45.8 Å². The van der Waals surface area contributed by atoms with E-state index in [9.17, 15) is 9.59 Å². The van der Waals surface area contributed by atoms with Gasteiger partial charge in [0.1, 0.15) is 5.56 Å². The van der Waals surface area contributed by atoms with E-state index in [1.807, 2.05) is 18.2 Å². The van der Waals surface area contributed by atoms with Gasteiger partial charge in [0, 0.05) is 51.4 Å². The summed E-state index contributed by atoms with van der Waals surface area (Å²) >= 11 is 0. The fraction of sp³-hybridized carbons (Fsp3) is 0.480. The van der Waals surface area contributed by atoms with E-state index >= 15 is 0 Å². The molecule has 0 bridgehead atoms. The van der Waals surface area contributed by atoms with Crippen LogP contribution >= 0.6 is 0 Å². The number of rotatable bonds is 7. The van der Waals surface area contributed by atoms with Gasteiger partial charge in [-0.1, -0.05) is 30.3 Å². The molecule has 1 fully saturated rings. The number of carbonyl (C=O) groups is 1. The van der Waals surface area contributed by atoms with Crippen LogP contribution in [0.5, 0.6) is 0 Å². The van der Waals surface area contributed by atoms with Gasteiger partial charge in [-0.3, -0.25) is 14.5 Å². The first-order chi connectivity index (χ1) is 16.2. The summed E-state index contributed by atoms with van der Waals surface area (Å²) in [6, 6.07) is 10.3. The van der Waals surface area contributed by atoms with Gasteiger partial charge in [-0.2, -0.15) is 9.61 Å². The fourth-order valence-electron chi connectivity index (χ4n) is 5.21. The van der Waals surface area contributed by atoms with Crippen molar-refractivity contribution in [2.75, 3.05) is 32.7 Å². The predicted octanol–water partition coefficient (Wildman–Crippen LogP) is 1.90. The average molecular weight is 449 g/mol. The maximum absolute atomic E-state index is 13.4. The van der Waals surface area contributed by atoms with Crippen LogP contribution in [0.4, 0.5) is 0 Å². The van der Waals surface area contributed by atoms with Crippen LogP contribution in [0.2, 0.25) is 0 Å². The molecular formula is C25H32N6O2. The maximum atomic E-state index is 13.4. The molecule has 1 N–H and O–H groups in total. The van der Waals surface area contributed by atoms with Crippen molar-refractivity contribution in [3.63, 3.8) is 0 Å². The van der Waals surface area contributed by atoms with E-state index in [1.165, 1.54) is 22.9 Å². The van der Waals surface area contributed by atoms with E-state index in [4.69, 9.17) is 0 Å². The number of aromatic nitrogens is 3. The lowest BCUT2D eigenvalue weighted by molar-refractivity contribution is 0.0951. The molecule has 2 aliphatic heterocycles. The Hall–Kier alpha value is -2.97. The summed E-state index contributed by atoms with van der Waals surface area (Å²) in [4.78, 5) is 31.1. The zero-order chi connectivity index (χ0) is 22.8. The third-order valence-corrected chi connectivity index (χ3v) is 6.89. The summed E-state index contributed by atoms with van der Waals surface area (Å²) in [5.74, 6) is -0.160. The molecule has 2 aromatic heterocycles. The summed E-state index contributed by atoms with van der Waals surface area (Å²) in [5, 5.41) is 7.38. The number of nitrogens with zero attached hydrogens (tertiary/aromatic N) is 5. The Balaban J connectivity index is 1.40. The zero-order valence-corrected chi connectivity index (χ0v) is 19.3. The lowest BCUT2D eigenvalue weighted by atomic mass is 10.0. The third-order valence-electron chi connectivity index (χ3n) is 6.89. The van der Waals surface area contributed by atoms with Gasteiger partial charge < -0.3 is 14.8 Å². The first-order valence-corrected chi connectivity index (χ1v) is 12.0. The van der Waals surface area contributed by atoms with Gasteiger partial charge in [0.15, 0.2) is 5.65 Å². The molecule has 0 aliphatic carbocycles. The second-order valence-electron chi connectivity index (χ2n) is 9.02. The van der Waals surface area contributed by atoms with Gasteiger partial charge in [0.25, 0.3) is 11.5 Å². The maximum Gasteiger partial charge on any atom is 0.279 e. The van der Waals surface area contributed by atoms with E-state index in [1.54, 1.807) is 6.20 Å². The Morgan fingerprint density at radius 2 is 1.88 bits per heavy atom. The SMILES string of the molecule is CCn1c2c(c(=O)n3ncc(C(=O)NCCN4CCCC4)c13)CN(Cc1ccccc1)CC2. The minimum Gasteiger partial charge on any atom is -0.351 e. The molecule has 8 heteroatoms. The first kappa shape index (κ1) is 21.9. The Morgan fingerprint density at radius 1 is 1.09 bits per heavy atom. The highest BCUT2D eigenvalue weighted by atomic mass is 16.2. The normalized spacial score (nSPS) is 16.9. The number of benzene rings is 1. The highest BCUT2D eigenvalue weighted by Gasteiger charge is 2.27. The number of hydrogen-bond acceptors (Lipinski definition) is 5. The second-order valence-corrected chi connectivity index (χ2v) is 9.02. The number of carbonyl (C=O) groups excluding carboxylic acids is 1. The number of hydrogen-bond donors (Lipinski definition) is 1. The van der Waals surface area contributed by atoms with E-state index in [-0.39, 0.29) is 11.5 Å². The molecule has 0 saturated carbocycles. The predicted molar refractivity (Wildman–Crippen MR) is 127 cm³/mol. The summed E-state index contributed by atoms with van der Waals surface area (Å²) in [6.45, 7) is 8.70. The number of nitrogens with one attached hydrogen (secondary N) is 1. The molecule has 33 heavy (non-hydrogen) atoms. The van der Waals surface area contributed by atoms with Crippen LogP contribution in [0, 0.1) is 0 Å². The van der Waals surface area contributed by atoms with Gasteiger partial charge in [-0.25, -0.2) is 0 Å². The molecule has 174 valence electrons. The topological polar surface area (TPSA) is 74.9 Å². The van der Waals surface area contributed by atoms with Gasteiger partial charge in [0.05, 0.1) is 11.8 Å². The van der Waals surface area contributed by atoms with Crippen molar-refractivity contribution < 1.29 is 4.79 Å². The Kier molecular flexibility index (Phi) is 6.28. The van der Waals surface area contributed by atoms with E-state index in [0.717, 1.165) is 50.4 Å². The molecule has 1 saturated heterocycles. The number of fused-ring (bicyclic) bond motifs is 2. The molecular weight excluding hydrogens is 416 g/mol. The smallest absolute Gasteiger partial charge is 0.279 e. The number of likely N-dealkylation sites (tertiary alicyclic amines) is 1. The van der Waals surface area contributed by atoms with Gasteiger partial charge in [0.2, 0.25) is 0 Å². The van der Waals surface area contributed by atoms with Crippen LogP contribution in [0.15, 0.2) is 41.3 Å². The van der Waals surface area contributed by atoms with Crippen molar-refractivity contribution in [3.8, 4) is 0 Å². The van der Waals surface area contributed by atoms with Crippen molar-refractivity contribution in [1.82, 2.24) is 29.3 Å². The molecule has 1 amide bonds. The quantitative estimate of drug-likeness (QED) is 0.598. The third kappa shape index (κ3) is 4.32. The molecule has 5 rings (SSSR count). The molecule has 2 aliphatic rings. The summed E-state index contributed by atoms with van der Waals surface area (Å²) in [5.41, 5.74) is 4.03.